The fourth-order valence-electron chi connectivity index (χ4n) is 1.25. The number of primary amides is 1. The lowest BCUT2D eigenvalue weighted by molar-refractivity contribution is -0.385. The zero-order valence-electron chi connectivity index (χ0n) is 9.62. The van der Waals surface area contributed by atoms with Gasteiger partial charge in [-0.3, -0.25) is 14.9 Å². The summed E-state index contributed by atoms with van der Waals surface area (Å²) in [5.74, 6) is -0.769. The number of benzene rings is 1. The molecule has 0 spiro atoms. The average molecular weight is 255 g/mol. The second-order valence-corrected chi connectivity index (χ2v) is 3.44. The number of hydrogen-bond donors (Lipinski definition) is 3. The van der Waals surface area contributed by atoms with E-state index in [0.717, 1.165) is 0 Å². The number of anilines is 1. The van der Waals surface area contributed by atoms with Crippen LogP contribution >= 0.6 is 0 Å². The number of hydrogen-bond acceptors (Lipinski definition) is 6. The number of amides is 1. The number of ether oxygens (including phenoxy) is 1. The summed E-state index contributed by atoms with van der Waals surface area (Å²) in [4.78, 5) is 20.7. The van der Waals surface area contributed by atoms with E-state index in [0.29, 0.717) is 5.69 Å². The Balaban J connectivity index is 2.80. The number of methoxy groups -OCH3 is 1. The summed E-state index contributed by atoms with van der Waals surface area (Å²) >= 11 is 0. The molecule has 0 saturated heterocycles. The molecule has 0 saturated carbocycles. The summed E-state index contributed by atoms with van der Waals surface area (Å²) in [6.07, 6.45) is -1.33. The number of nitro groups is 1. The maximum absolute atomic E-state index is 10.7. The number of nitro benzene ring substituents is 1. The van der Waals surface area contributed by atoms with Crippen LogP contribution in [0.4, 0.5) is 11.4 Å². The molecule has 1 rings (SSSR count). The van der Waals surface area contributed by atoms with Crippen molar-refractivity contribution in [2.45, 2.75) is 6.10 Å². The van der Waals surface area contributed by atoms with Crippen molar-refractivity contribution in [2.24, 2.45) is 5.73 Å². The van der Waals surface area contributed by atoms with Crippen molar-refractivity contribution >= 4 is 17.3 Å². The monoisotopic (exact) mass is 255 g/mol. The fourth-order valence-corrected chi connectivity index (χ4v) is 1.25. The van der Waals surface area contributed by atoms with E-state index in [1.54, 1.807) is 0 Å². The molecule has 1 amide bonds. The summed E-state index contributed by atoms with van der Waals surface area (Å²) in [7, 11) is 1.31. The molecule has 1 atom stereocenters. The molecule has 1 aromatic carbocycles. The van der Waals surface area contributed by atoms with Crippen molar-refractivity contribution in [3.63, 3.8) is 0 Å². The van der Waals surface area contributed by atoms with Gasteiger partial charge in [0, 0.05) is 24.4 Å². The zero-order valence-corrected chi connectivity index (χ0v) is 9.62. The summed E-state index contributed by atoms with van der Waals surface area (Å²) in [6, 6.07) is 4.10. The molecule has 18 heavy (non-hydrogen) atoms. The number of nitrogens with zero attached hydrogens (tertiary/aromatic N) is 1. The van der Waals surface area contributed by atoms with E-state index in [1.807, 2.05) is 0 Å². The fraction of sp³-hybridized carbons (Fsp3) is 0.300. The highest BCUT2D eigenvalue weighted by atomic mass is 16.6. The van der Waals surface area contributed by atoms with Gasteiger partial charge < -0.3 is 20.9 Å². The molecule has 0 aliphatic carbocycles. The van der Waals surface area contributed by atoms with Gasteiger partial charge in [-0.2, -0.15) is 0 Å². The average Bonchev–Trinajstić information content (AvgIpc) is 2.34. The Labute approximate surface area is 103 Å². The lowest BCUT2D eigenvalue weighted by Crippen LogP contribution is -2.34. The molecule has 98 valence electrons. The topological polar surface area (TPSA) is 128 Å². The Kier molecular flexibility index (Phi) is 4.44. The molecular formula is C10H13N3O5. The van der Waals surface area contributed by atoms with E-state index in [9.17, 15) is 20.0 Å². The second kappa shape index (κ2) is 5.82. The maximum Gasteiger partial charge on any atom is 0.311 e. The molecule has 0 aromatic heterocycles. The van der Waals surface area contributed by atoms with Crippen molar-refractivity contribution in [3.05, 3.63) is 28.3 Å². The summed E-state index contributed by atoms with van der Waals surface area (Å²) in [6.45, 7) is -0.0870. The maximum atomic E-state index is 10.7. The van der Waals surface area contributed by atoms with E-state index in [1.165, 1.54) is 25.3 Å². The molecule has 0 fully saturated rings. The van der Waals surface area contributed by atoms with Gasteiger partial charge in [-0.05, 0) is 6.07 Å². The molecule has 1 aromatic rings. The summed E-state index contributed by atoms with van der Waals surface area (Å²) in [5, 5.41) is 22.5. The molecule has 8 nitrogen and oxygen atoms in total. The minimum absolute atomic E-state index is 0.0820. The lowest BCUT2D eigenvalue weighted by atomic mass is 10.2. The molecule has 8 heteroatoms. The first-order valence-electron chi connectivity index (χ1n) is 4.99. The van der Waals surface area contributed by atoms with Crippen LogP contribution in [-0.4, -0.2) is 35.7 Å². The van der Waals surface area contributed by atoms with Crippen molar-refractivity contribution < 1.29 is 19.6 Å². The molecule has 1 unspecified atom stereocenters. The van der Waals surface area contributed by atoms with E-state index in [2.05, 4.69) is 5.32 Å². The van der Waals surface area contributed by atoms with Crippen LogP contribution in [0.15, 0.2) is 18.2 Å². The Bertz CT molecular complexity index is 463. The smallest absolute Gasteiger partial charge is 0.311 e. The van der Waals surface area contributed by atoms with E-state index in [4.69, 9.17) is 10.5 Å². The van der Waals surface area contributed by atoms with Gasteiger partial charge in [0.2, 0.25) is 5.91 Å². The van der Waals surface area contributed by atoms with Crippen LogP contribution in [0.3, 0.4) is 0 Å². The van der Waals surface area contributed by atoms with E-state index >= 15 is 0 Å². The van der Waals surface area contributed by atoms with Crippen LogP contribution in [0.1, 0.15) is 0 Å². The largest absolute Gasteiger partial charge is 0.490 e. The van der Waals surface area contributed by atoms with Crippen molar-refractivity contribution in [1.29, 1.82) is 0 Å². The predicted molar refractivity (Wildman–Crippen MR) is 63.3 cm³/mol. The van der Waals surface area contributed by atoms with Crippen LogP contribution in [0, 0.1) is 10.1 Å². The molecule has 4 N–H and O–H groups in total. The first kappa shape index (κ1) is 13.7. The third kappa shape index (κ3) is 3.32. The first-order chi connectivity index (χ1) is 8.45. The summed E-state index contributed by atoms with van der Waals surface area (Å²) < 4.78 is 4.87. The van der Waals surface area contributed by atoms with Crippen LogP contribution in [0.2, 0.25) is 0 Å². The van der Waals surface area contributed by atoms with E-state index < -0.39 is 16.9 Å². The van der Waals surface area contributed by atoms with Gasteiger partial charge in [0.25, 0.3) is 0 Å². The summed E-state index contributed by atoms with van der Waals surface area (Å²) in [5.41, 5.74) is 5.18. The van der Waals surface area contributed by atoms with Gasteiger partial charge in [-0.15, -0.1) is 0 Å². The normalized spacial score (nSPS) is 11.7. The molecule has 0 aliphatic rings. The van der Waals surface area contributed by atoms with Gasteiger partial charge in [-0.1, -0.05) is 0 Å². The van der Waals surface area contributed by atoms with Gasteiger partial charge in [0.15, 0.2) is 5.75 Å². The van der Waals surface area contributed by atoms with Crippen LogP contribution in [-0.2, 0) is 4.79 Å². The van der Waals surface area contributed by atoms with Crippen LogP contribution in [0.5, 0.6) is 5.75 Å². The Morgan fingerprint density at radius 1 is 1.67 bits per heavy atom. The highest BCUT2D eigenvalue weighted by molar-refractivity contribution is 5.79. The minimum atomic E-state index is -1.33. The number of carbonyl (C=O) groups is 1. The number of aliphatic hydroxyl groups excluding tert-OH is 1. The first-order valence-corrected chi connectivity index (χ1v) is 4.99. The molecule has 0 heterocycles. The lowest BCUT2D eigenvalue weighted by Gasteiger charge is -2.10. The standard InChI is InChI=1S/C10H13N3O5/c1-18-9-4-6(2-3-7(9)13(16)17)12-5-8(14)10(11)15/h2-4,8,12,14H,5H2,1H3,(H2,11,15). The van der Waals surface area contributed by atoms with Crippen LogP contribution in [0.25, 0.3) is 0 Å². The molecule has 0 bridgehead atoms. The van der Waals surface area contributed by atoms with Crippen molar-refractivity contribution in [2.75, 3.05) is 19.0 Å². The number of nitrogens with one attached hydrogen (secondary N) is 1. The van der Waals surface area contributed by atoms with Gasteiger partial charge in [0.05, 0.1) is 12.0 Å². The number of rotatable bonds is 6. The Hall–Kier alpha value is -2.35. The van der Waals surface area contributed by atoms with Gasteiger partial charge in [0.1, 0.15) is 6.10 Å². The van der Waals surface area contributed by atoms with Gasteiger partial charge >= 0.3 is 5.69 Å². The van der Waals surface area contributed by atoms with Crippen molar-refractivity contribution in [1.82, 2.24) is 0 Å². The number of nitrogens with two attached hydrogens (primary N) is 1. The third-order valence-corrected chi connectivity index (χ3v) is 2.20. The van der Waals surface area contributed by atoms with Gasteiger partial charge in [-0.25, -0.2) is 0 Å². The minimum Gasteiger partial charge on any atom is -0.490 e. The SMILES string of the molecule is COc1cc(NCC(O)C(N)=O)ccc1[N+](=O)[O-]. The second-order valence-electron chi connectivity index (χ2n) is 3.44. The Morgan fingerprint density at radius 2 is 2.33 bits per heavy atom. The predicted octanol–water partition coefficient (Wildman–Crippen LogP) is -0.139. The van der Waals surface area contributed by atoms with Crippen LogP contribution < -0.4 is 15.8 Å². The molecule has 0 aliphatic heterocycles. The highest BCUT2D eigenvalue weighted by Crippen LogP contribution is 2.29. The quantitative estimate of drug-likeness (QED) is 0.479. The Morgan fingerprint density at radius 3 is 2.83 bits per heavy atom. The van der Waals surface area contributed by atoms with Crippen molar-refractivity contribution in [3.8, 4) is 5.75 Å². The third-order valence-electron chi connectivity index (χ3n) is 2.20. The molecule has 0 radical (unpaired) electrons. The molecular weight excluding hydrogens is 242 g/mol. The highest BCUT2D eigenvalue weighted by Gasteiger charge is 2.15. The number of aliphatic hydroxyl groups is 1. The number of carbonyl (C=O) groups excluding carboxylic acids is 1. The van der Waals surface area contributed by atoms with E-state index in [-0.39, 0.29) is 18.0 Å². The zero-order chi connectivity index (χ0) is 13.7.